The predicted molar refractivity (Wildman–Crippen MR) is 62.9 cm³/mol. The molecule has 1 aromatic carbocycles. The second kappa shape index (κ2) is 4.46. The second-order valence-electron chi connectivity index (χ2n) is 4.00. The molecule has 0 bridgehead atoms. The van der Waals surface area contributed by atoms with Gasteiger partial charge >= 0.3 is 12.3 Å². The number of carboxylic acid groups (broad SMARTS) is 1. The molecule has 0 aliphatic carbocycles. The number of rotatable bonds is 2. The topological polar surface area (TPSA) is 42.2 Å². The van der Waals surface area contributed by atoms with E-state index in [1.807, 2.05) is 0 Å². The molecule has 0 atom stereocenters. The molecule has 19 heavy (non-hydrogen) atoms. The maximum atomic E-state index is 13.0. The highest BCUT2D eigenvalue weighted by molar-refractivity contribution is 5.91. The molecule has 0 fully saturated rings. The molecule has 0 aliphatic rings. The summed E-state index contributed by atoms with van der Waals surface area (Å²) in [5.74, 6) is -1.38. The number of aromatic carboxylic acids is 1. The van der Waals surface area contributed by atoms with Crippen LogP contribution >= 0.6 is 0 Å². The van der Waals surface area contributed by atoms with E-state index in [1.165, 1.54) is 12.1 Å². The number of halogens is 3. The van der Waals surface area contributed by atoms with Gasteiger partial charge in [-0.25, -0.2) is 4.79 Å². The number of carbonyl (C=O) groups is 1. The van der Waals surface area contributed by atoms with Crippen LogP contribution in [0, 0.1) is 6.92 Å². The van der Waals surface area contributed by atoms with Gasteiger partial charge in [-0.2, -0.15) is 0 Å². The lowest BCUT2D eigenvalue weighted by Crippen LogP contribution is -2.19. The zero-order valence-electron chi connectivity index (χ0n) is 9.90. The van der Waals surface area contributed by atoms with Crippen molar-refractivity contribution in [1.29, 1.82) is 0 Å². The van der Waals surface area contributed by atoms with Crippen LogP contribution in [0.4, 0.5) is 13.2 Å². The highest BCUT2D eigenvalue weighted by atomic mass is 19.4. The number of nitrogens with zero attached hydrogens (tertiary/aromatic N) is 1. The van der Waals surface area contributed by atoms with Crippen LogP contribution in [0.2, 0.25) is 0 Å². The summed E-state index contributed by atoms with van der Waals surface area (Å²) in [4.78, 5) is 11.0. The molecule has 2 rings (SSSR count). The van der Waals surface area contributed by atoms with E-state index in [1.54, 1.807) is 18.2 Å². The first-order chi connectivity index (χ1) is 8.82. The zero-order valence-corrected chi connectivity index (χ0v) is 9.90. The maximum Gasteiger partial charge on any atom is 0.489 e. The van der Waals surface area contributed by atoms with E-state index in [0.717, 1.165) is 13.0 Å². The Balaban J connectivity index is 2.74. The van der Waals surface area contributed by atoms with Crippen molar-refractivity contribution in [3.8, 4) is 11.3 Å². The number of carboxylic acids is 1. The summed E-state index contributed by atoms with van der Waals surface area (Å²) in [6, 6.07) is 8.92. The second-order valence-corrected chi connectivity index (χ2v) is 4.00. The fourth-order valence-corrected chi connectivity index (χ4v) is 1.97. The van der Waals surface area contributed by atoms with Gasteiger partial charge in [-0.15, -0.1) is 13.2 Å². The average molecular weight is 269 g/mol. The van der Waals surface area contributed by atoms with Gasteiger partial charge in [0, 0.05) is 5.69 Å². The van der Waals surface area contributed by atoms with Gasteiger partial charge < -0.3 is 5.11 Å². The first-order valence-corrected chi connectivity index (χ1v) is 5.40. The molecule has 0 spiro atoms. The smallest absolute Gasteiger partial charge is 0.478 e. The number of alkyl halides is 3. The lowest BCUT2D eigenvalue weighted by molar-refractivity contribution is -0.203. The molecule has 6 heteroatoms. The number of benzene rings is 1. The van der Waals surface area contributed by atoms with Gasteiger partial charge in [-0.1, -0.05) is 30.3 Å². The van der Waals surface area contributed by atoms with Gasteiger partial charge in [-0.3, -0.25) is 4.57 Å². The zero-order chi connectivity index (χ0) is 14.2. The van der Waals surface area contributed by atoms with E-state index in [4.69, 9.17) is 5.11 Å². The van der Waals surface area contributed by atoms with Crippen molar-refractivity contribution in [3.05, 3.63) is 47.7 Å². The molecule has 0 saturated heterocycles. The molecule has 0 amide bonds. The Kier molecular flexibility index (Phi) is 3.09. The Morgan fingerprint density at radius 3 is 2.26 bits per heavy atom. The van der Waals surface area contributed by atoms with E-state index < -0.39 is 12.3 Å². The minimum Gasteiger partial charge on any atom is -0.478 e. The standard InChI is InChI=1S/C13H10F3NO2/c1-8-10(12(18)19)7-11(17(8)13(14,15)16)9-5-3-2-4-6-9/h2-7H,1H3,(H,18,19). The third-order valence-electron chi connectivity index (χ3n) is 2.80. The van der Waals surface area contributed by atoms with E-state index >= 15 is 0 Å². The van der Waals surface area contributed by atoms with Gasteiger partial charge in [0.25, 0.3) is 0 Å². The molecule has 0 radical (unpaired) electrons. The Hall–Kier alpha value is -2.24. The van der Waals surface area contributed by atoms with Crippen molar-refractivity contribution in [2.75, 3.05) is 0 Å². The van der Waals surface area contributed by atoms with Crippen molar-refractivity contribution in [2.45, 2.75) is 13.2 Å². The molecule has 2 aromatic rings. The molecule has 3 nitrogen and oxygen atoms in total. The number of aromatic nitrogens is 1. The molecule has 100 valence electrons. The predicted octanol–water partition coefficient (Wildman–Crippen LogP) is 3.64. The van der Waals surface area contributed by atoms with E-state index in [9.17, 15) is 18.0 Å². The SMILES string of the molecule is Cc1c(C(=O)O)cc(-c2ccccc2)n1C(F)(F)F. The third kappa shape index (κ3) is 2.33. The minimum atomic E-state index is -4.66. The maximum absolute atomic E-state index is 13.0. The van der Waals surface area contributed by atoms with Crippen molar-refractivity contribution >= 4 is 5.97 Å². The van der Waals surface area contributed by atoms with E-state index in [2.05, 4.69) is 0 Å². The van der Waals surface area contributed by atoms with Crippen LogP contribution in [0.1, 0.15) is 16.1 Å². The van der Waals surface area contributed by atoms with Gasteiger partial charge in [0.1, 0.15) is 0 Å². The van der Waals surface area contributed by atoms with Crippen LogP contribution in [0.15, 0.2) is 36.4 Å². The quantitative estimate of drug-likeness (QED) is 0.904. The largest absolute Gasteiger partial charge is 0.489 e. The van der Waals surface area contributed by atoms with Gasteiger partial charge in [-0.05, 0) is 18.6 Å². The molecular weight excluding hydrogens is 259 g/mol. The minimum absolute atomic E-state index is 0.0891. The highest BCUT2D eigenvalue weighted by Gasteiger charge is 2.36. The molecular formula is C13H10F3NO2. The molecule has 0 saturated carbocycles. The summed E-state index contributed by atoms with van der Waals surface area (Å²) in [5.41, 5.74) is -0.548. The molecule has 1 aromatic heterocycles. The van der Waals surface area contributed by atoms with Crippen LogP contribution in [-0.4, -0.2) is 15.6 Å². The van der Waals surface area contributed by atoms with Crippen LogP contribution in [0.5, 0.6) is 0 Å². The summed E-state index contributed by atoms with van der Waals surface area (Å²) in [7, 11) is 0. The summed E-state index contributed by atoms with van der Waals surface area (Å²) in [6.07, 6.45) is -4.66. The van der Waals surface area contributed by atoms with Crippen LogP contribution in [0.3, 0.4) is 0 Å². The van der Waals surface area contributed by atoms with E-state index in [0.29, 0.717) is 5.56 Å². The Morgan fingerprint density at radius 1 is 1.21 bits per heavy atom. The molecule has 1 N–H and O–H groups in total. The van der Waals surface area contributed by atoms with Crippen molar-refractivity contribution in [3.63, 3.8) is 0 Å². The molecule has 0 unspecified atom stereocenters. The van der Waals surface area contributed by atoms with Gasteiger partial charge in [0.15, 0.2) is 0 Å². The summed E-state index contributed by atoms with van der Waals surface area (Å²) in [5, 5.41) is 8.94. The number of hydrogen-bond donors (Lipinski definition) is 1. The molecule has 1 heterocycles. The lowest BCUT2D eigenvalue weighted by Gasteiger charge is -2.14. The average Bonchev–Trinajstić information content (AvgIpc) is 2.68. The lowest BCUT2D eigenvalue weighted by atomic mass is 10.1. The first-order valence-electron chi connectivity index (χ1n) is 5.40. The van der Waals surface area contributed by atoms with E-state index in [-0.39, 0.29) is 21.5 Å². The summed E-state index contributed by atoms with van der Waals surface area (Å²) in [6.45, 7) is 1.14. The highest BCUT2D eigenvalue weighted by Crippen LogP contribution is 2.34. The summed E-state index contributed by atoms with van der Waals surface area (Å²) < 4.78 is 39.2. The first kappa shape index (κ1) is 13.2. The third-order valence-corrected chi connectivity index (χ3v) is 2.80. The summed E-state index contributed by atoms with van der Waals surface area (Å²) >= 11 is 0. The Bertz CT molecular complexity index is 615. The monoisotopic (exact) mass is 269 g/mol. The van der Waals surface area contributed by atoms with Crippen LogP contribution in [0.25, 0.3) is 11.3 Å². The van der Waals surface area contributed by atoms with Gasteiger partial charge in [0.05, 0.1) is 11.3 Å². The fraction of sp³-hybridized carbons (Fsp3) is 0.154. The van der Waals surface area contributed by atoms with Crippen molar-refractivity contribution in [1.82, 2.24) is 4.57 Å². The Morgan fingerprint density at radius 2 is 1.79 bits per heavy atom. The fourth-order valence-electron chi connectivity index (χ4n) is 1.97. The van der Waals surface area contributed by atoms with Crippen LogP contribution < -0.4 is 0 Å². The number of hydrogen-bond acceptors (Lipinski definition) is 1. The van der Waals surface area contributed by atoms with Crippen molar-refractivity contribution < 1.29 is 23.1 Å². The normalized spacial score (nSPS) is 11.6. The Labute approximate surface area is 106 Å². The van der Waals surface area contributed by atoms with Gasteiger partial charge in [0.2, 0.25) is 0 Å². The van der Waals surface area contributed by atoms with Crippen molar-refractivity contribution in [2.24, 2.45) is 0 Å². The van der Waals surface area contributed by atoms with Crippen LogP contribution in [-0.2, 0) is 6.30 Å². The molecule has 0 aliphatic heterocycles.